The van der Waals surface area contributed by atoms with Crippen LogP contribution in [-0.2, 0) is 21.0 Å². The fourth-order valence-corrected chi connectivity index (χ4v) is 4.04. The van der Waals surface area contributed by atoms with Crippen molar-refractivity contribution in [1.82, 2.24) is 0 Å². The van der Waals surface area contributed by atoms with Crippen LogP contribution in [0.4, 0.5) is 0 Å². The predicted molar refractivity (Wildman–Crippen MR) is 77.7 cm³/mol. The molecule has 5 atom stereocenters. The lowest BCUT2D eigenvalue weighted by atomic mass is 10.0. The molecule has 0 radical (unpaired) electrons. The second-order valence-corrected chi connectivity index (χ2v) is 7.50. The summed E-state index contributed by atoms with van der Waals surface area (Å²) in [5.74, 6) is -0.278. The zero-order chi connectivity index (χ0) is 16.3. The molecule has 1 saturated heterocycles. The Hall–Kier alpha value is -1.03. The van der Waals surface area contributed by atoms with Crippen LogP contribution in [0.15, 0.2) is 30.3 Å². The van der Waals surface area contributed by atoms with Crippen LogP contribution in [0, 0.1) is 0 Å². The highest BCUT2D eigenvalue weighted by molar-refractivity contribution is 7.91. The van der Waals surface area contributed by atoms with Crippen LogP contribution in [0.25, 0.3) is 0 Å². The standard InChI is InChI=1S/C14H20O7S/c15-8-10-11(16)12(17)13(18)14(21-10)22(19,20)7-6-9-4-2-1-3-5-9/h1-5,10-18H,6-8H2/t10-,11-,12+,13+,14-/m0/s1. The first-order valence-corrected chi connectivity index (χ1v) is 8.64. The Labute approximate surface area is 128 Å². The molecule has 8 heteroatoms. The monoisotopic (exact) mass is 332 g/mol. The number of aliphatic hydroxyl groups is 4. The molecule has 0 aromatic heterocycles. The molecule has 1 heterocycles. The van der Waals surface area contributed by atoms with Crippen molar-refractivity contribution < 1.29 is 33.6 Å². The molecule has 1 aliphatic rings. The average Bonchev–Trinajstić information content (AvgIpc) is 2.52. The highest BCUT2D eigenvalue weighted by atomic mass is 32.2. The van der Waals surface area contributed by atoms with E-state index in [0.717, 1.165) is 5.56 Å². The molecule has 4 N–H and O–H groups in total. The summed E-state index contributed by atoms with van der Waals surface area (Å²) in [5.41, 5.74) is -0.859. The molecule has 22 heavy (non-hydrogen) atoms. The molecule has 0 amide bonds. The first-order chi connectivity index (χ1) is 10.4. The molecule has 7 nitrogen and oxygen atoms in total. The second kappa shape index (κ2) is 7.03. The minimum absolute atomic E-state index is 0.234. The number of rotatable bonds is 5. The van der Waals surface area contributed by atoms with E-state index in [1.807, 2.05) is 6.07 Å². The molecule has 0 aliphatic carbocycles. The van der Waals surface area contributed by atoms with Gasteiger partial charge in [0.15, 0.2) is 15.3 Å². The van der Waals surface area contributed by atoms with Crippen LogP contribution in [0.1, 0.15) is 5.56 Å². The third-order valence-electron chi connectivity index (χ3n) is 3.72. The number of sulfone groups is 1. The topological polar surface area (TPSA) is 124 Å². The van der Waals surface area contributed by atoms with Crippen molar-refractivity contribution in [2.24, 2.45) is 0 Å². The molecule has 1 fully saturated rings. The molecule has 1 aliphatic heterocycles. The molecule has 0 saturated carbocycles. The zero-order valence-electron chi connectivity index (χ0n) is 11.8. The summed E-state index contributed by atoms with van der Waals surface area (Å²) in [5, 5.41) is 38.3. The van der Waals surface area contributed by atoms with Crippen molar-refractivity contribution in [3.05, 3.63) is 35.9 Å². The van der Waals surface area contributed by atoms with Crippen molar-refractivity contribution in [3.8, 4) is 0 Å². The van der Waals surface area contributed by atoms with Gasteiger partial charge in [-0.1, -0.05) is 30.3 Å². The lowest BCUT2D eigenvalue weighted by Gasteiger charge is -2.39. The number of benzene rings is 1. The fraction of sp³-hybridized carbons (Fsp3) is 0.571. The minimum Gasteiger partial charge on any atom is -0.394 e. The largest absolute Gasteiger partial charge is 0.394 e. The van der Waals surface area contributed by atoms with Gasteiger partial charge in [0.2, 0.25) is 0 Å². The third kappa shape index (κ3) is 3.65. The second-order valence-electron chi connectivity index (χ2n) is 5.30. The normalized spacial score (nSPS) is 32.8. The highest BCUT2D eigenvalue weighted by Gasteiger charge is 2.48. The molecule has 124 valence electrons. The van der Waals surface area contributed by atoms with E-state index < -0.39 is 46.3 Å². The molecule has 0 unspecified atom stereocenters. The predicted octanol–water partition coefficient (Wildman–Crippen LogP) is -1.56. The van der Waals surface area contributed by atoms with E-state index in [-0.39, 0.29) is 12.2 Å². The van der Waals surface area contributed by atoms with Gasteiger partial charge >= 0.3 is 0 Å². The van der Waals surface area contributed by atoms with E-state index in [9.17, 15) is 23.7 Å². The zero-order valence-corrected chi connectivity index (χ0v) is 12.6. The summed E-state index contributed by atoms with van der Waals surface area (Å²) < 4.78 is 29.7. The molecule has 0 bridgehead atoms. The van der Waals surface area contributed by atoms with Crippen LogP contribution >= 0.6 is 0 Å². The van der Waals surface area contributed by atoms with Crippen LogP contribution in [-0.4, -0.2) is 71.1 Å². The van der Waals surface area contributed by atoms with Gasteiger partial charge in [0.1, 0.15) is 24.4 Å². The summed E-state index contributed by atoms with van der Waals surface area (Å²) in [7, 11) is -3.88. The molecule has 1 aromatic carbocycles. The van der Waals surface area contributed by atoms with Crippen molar-refractivity contribution in [2.45, 2.75) is 36.3 Å². The maximum absolute atomic E-state index is 12.3. The summed E-state index contributed by atoms with van der Waals surface area (Å²) in [4.78, 5) is 0. The van der Waals surface area contributed by atoms with Gasteiger partial charge in [-0.2, -0.15) is 0 Å². The van der Waals surface area contributed by atoms with Gasteiger partial charge in [-0.05, 0) is 12.0 Å². The van der Waals surface area contributed by atoms with Crippen molar-refractivity contribution >= 4 is 9.84 Å². The Balaban J connectivity index is 2.10. The van der Waals surface area contributed by atoms with Gasteiger partial charge < -0.3 is 25.2 Å². The Kier molecular flexibility index (Phi) is 5.54. The Morgan fingerprint density at radius 2 is 1.64 bits per heavy atom. The van der Waals surface area contributed by atoms with Crippen LogP contribution in [0.5, 0.6) is 0 Å². The van der Waals surface area contributed by atoms with Gasteiger partial charge in [-0.15, -0.1) is 0 Å². The molecular weight excluding hydrogens is 312 g/mol. The maximum atomic E-state index is 12.3. The summed E-state index contributed by atoms with van der Waals surface area (Å²) in [6.45, 7) is -0.657. The van der Waals surface area contributed by atoms with Crippen LogP contribution in [0.2, 0.25) is 0 Å². The van der Waals surface area contributed by atoms with E-state index in [1.54, 1.807) is 24.3 Å². The summed E-state index contributed by atoms with van der Waals surface area (Å²) >= 11 is 0. The number of hydrogen-bond acceptors (Lipinski definition) is 7. The maximum Gasteiger partial charge on any atom is 0.187 e. The number of aryl methyl sites for hydroxylation is 1. The fourth-order valence-electron chi connectivity index (χ4n) is 2.39. The van der Waals surface area contributed by atoms with Crippen molar-refractivity contribution in [1.29, 1.82) is 0 Å². The van der Waals surface area contributed by atoms with Crippen LogP contribution in [0.3, 0.4) is 0 Å². The lowest BCUT2D eigenvalue weighted by Crippen LogP contribution is -2.60. The molecule has 1 aromatic rings. The van der Waals surface area contributed by atoms with E-state index in [1.165, 1.54) is 0 Å². The summed E-state index contributed by atoms with van der Waals surface area (Å²) in [6.07, 6.45) is -6.02. The molecular formula is C14H20O7S. The third-order valence-corrected chi connectivity index (χ3v) is 5.59. The SMILES string of the molecule is O=S(=O)(CCc1ccccc1)[C@@H]1O[C@@H](CO)[C@H](O)[C@@H](O)[C@H]1O. The van der Waals surface area contributed by atoms with Crippen molar-refractivity contribution in [2.75, 3.05) is 12.4 Å². The first-order valence-electron chi connectivity index (χ1n) is 6.93. The highest BCUT2D eigenvalue weighted by Crippen LogP contribution is 2.25. The average molecular weight is 332 g/mol. The number of ether oxygens (including phenoxy) is 1. The Morgan fingerprint density at radius 3 is 2.23 bits per heavy atom. The Morgan fingerprint density at radius 1 is 1.00 bits per heavy atom. The number of aliphatic hydroxyl groups excluding tert-OH is 4. The van der Waals surface area contributed by atoms with Gasteiger partial charge in [-0.25, -0.2) is 8.42 Å². The summed E-state index contributed by atoms with van der Waals surface area (Å²) in [6, 6.07) is 8.95. The van der Waals surface area contributed by atoms with Gasteiger partial charge in [-0.3, -0.25) is 0 Å². The lowest BCUT2D eigenvalue weighted by molar-refractivity contribution is -0.207. The quantitative estimate of drug-likeness (QED) is 0.514. The van der Waals surface area contributed by atoms with Crippen molar-refractivity contribution in [3.63, 3.8) is 0 Å². The van der Waals surface area contributed by atoms with E-state index in [2.05, 4.69) is 0 Å². The minimum atomic E-state index is -3.88. The van der Waals surface area contributed by atoms with Gasteiger partial charge in [0.05, 0.1) is 12.4 Å². The van der Waals surface area contributed by atoms with Gasteiger partial charge in [0, 0.05) is 0 Å². The molecule has 0 spiro atoms. The van der Waals surface area contributed by atoms with E-state index in [4.69, 9.17) is 9.84 Å². The number of hydrogen-bond donors (Lipinski definition) is 4. The van der Waals surface area contributed by atoms with E-state index in [0.29, 0.717) is 0 Å². The first kappa shape index (κ1) is 17.3. The smallest absolute Gasteiger partial charge is 0.187 e. The molecule has 2 rings (SSSR count). The van der Waals surface area contributed by atoms with Gasteiger partial charge in [0.25, 0.3) is 0 Å². The Bertz CT molecular complexity index is 572. The van der Waals surface area contributed by atoms with E-state index >= 15 is 0 Å². The van der Waals surface area contributed by atoms with Crippen LogP contribution < -0.4 is 0 Å².